The van der Waals surface area contributed by atoms with Crippen molar-refractivity contribution in [3.63, 3.8) is 0 Å². The molecule has 0 bridgehead atoms. The Balaban J connectivity index is 1.46. The van der Waals surface area contributed by atoms with Crippen molar-refractivity contribution in [3.05, 3.63) is 124 Å². The molecule has 0 saturated carbocycles. The van der Waals surface area contributed by atoms with Crippen molar-refractivity contribution in [1.29, 1.82) is 0 Å². The number of fused-ring (bicyclic) bond motifs is 7. The number of rotatable bonds is 3. The quantitative estimate of drug-likeness (QED) is 0.168. The van der Waals surface area contributed by atoms with Crippen LogP contribution in [0.25, 0.3) is 10.1 Å². The van der Waals surface area contributed by atoms with Crippen molar-refractivity contribution in [3.8, 4) is 0 Å². The van der Waals surface area contributed by atoms with E-state index >= 15 is 0 Å². The lowest BCUT2D eigenvalue weighted by Crippen LogP contribution is -2.60. The van der Waals surface area contributed by atoms with E-state index in [0.717, 1.165) is 0 Å². The van der Waals surface area contributed by atoms with Crippen LogP contribution in [-0.2, 0) is 16.2 Å². The summed E-state index contributed by atoms with van der Waals surface area (Å²) >= 11 is 2.04. The number of hydrogen-bond donors (Lipinski definition) is 0. The predicted octanol–water partition coefficient (Wildman–Crippen LogP) is 12.4. The Bertz CT molecular complexity index is 2440. The number of benzene rings is 5. The van der Waals surface area contributed by atoms with Crippen LogP contribution in [0.3, 0.4) is 0 Å². The third-order valence-corrected chi connectivity index (χ3v) is 14.1. The molecule has 9 rings (SSSR count). The van der Waals surface area contributed by atoms with E-state index in [9.17, 15) is 0 Å². The fraction of sp³-hybridized carbons (Fsp3) is 0.347. The van der Waals surface area contributed by atoms with Crippen molar-refractivity contribution in [2.75, 3.05) is 9.80 Å². The van der Waals surface area contributed by atoms with E-state index in [1.165, 1.54) is 106 Å². The minimum atomic E-state index is 0.0208. The standard InChI is InChI=1S/C49H53BN2S/c1-29(2)32-24-40-43-41(25-32)52(44-30(3)16-15-17-31(44)4)39-21-20-33(47(5,6)7)26-38(39)50(43)46-45(51(40)34-18-13-12-14-19-34)35-27-36-37(28-42(35)53-46)49(10,11)23-22-48(36,8)9/h12-21,24-29H,22-23H2,1-11H3. The van der Waals surface area contributed by atoms with Gasteiger partial charge < -0.3 is 9.80 Å². The molecular formula is C49H53BN2S. The molecule has 0 unspecified atom stereocenters. The first-order chi connectivity index (χ1) is 25.1. The Morgan fingerprint density at radius 2 is 1.30 bits per heavy atom. The molecule has 1 aliphatic carbocycles. The zero-order valence-electron chi connectivity index (χ0n) is 33.5. The first kappa shape index (κ1) is 34.5. The average Bonchev–Trinajstić information content (AvgIpc) is 3.48. The molecule has 2 nitrogen and oxygen atoms in total. The zero-order valence-corrected chi connectivity index (χ0v) is 34.3. The van der Waals surface area contributed by atoms with Crippen molar-refractivity contribution in [2.24, 2.45) is 0 Å². The lowest BCUT2D eigenvalue weighted by atomic mass is 9.36. The molecule has 53 heavy (non-hydrogen) atoms. The molecule has 3 aliphatic rings. The van der Waals surface area contributed by atoms with E-state index in [1.807, 2.05) is 11.3 Å². The van der Waals surface area contributed by atoms with Crippen LogP contribution in [-0.4, -0.2) is 6.71 Å². The van der Waals surface area contributed by atoms with Gasteiger partial charge in [-0.05, 0) is 136 Å². The Kier molecular flexibility index (Phi) is 7.56. The fourth-order valence-corrected chi connectivity index (χ4v) is 11.0. The second-order valence-electron chi connectivity index (χ2n) is 18.8. The van der Waals surface area contributed by atoms with Crippen LogP contribution in [0, 0.1) is 13.8 Å². The maximum absolute atomic E-state index is 2.64. The molecule has 5 aromatic carbocycles. The Labute approximate surface area is 322 Å². The first-order valence-electron chi connectivity index (χ1n) is 19.7. The molecule has 3 heterocycles. The minimum absolute atomic E-state index is 0.0208. The number of nitrogens with zero attached hydrogens (tertiary/aromatic N) is 2. The van der Waals surface area contributed by atoms with E-state index in [4.69, 9.17) is 0 Å². The maximum Gasteiger partial charge on any atom is 0.264 e. The Morgan fingerprint density at radius 1 is 0.679 bits per heavy atom. The van der Waals surface area contributed by atoms with Gasteiger partial charge in [-0.2, -0.15) is 0 Å². The number of hydrogen-bond acceptors (Lipinski definition) is 3. The molecule has 1 aromatic heterocycles. The molecule has 6 aromatic rings. The van der Waals surface area contributed by atoms with Gasteiger partial charge >= 0.3 is 0 Å². The highest BCUT2D eigenvalue weighted by Crippen LogP contribution is 2.53. The molecule has 0 radical (unpaired) electrons. The monoisotopic (exact) mass is 712 g/mol. The first-order valence-corrected chi connectivity index (χ1v) is 20.5. The summed E-state index contributed by atoms with van der Waals surface area (Å²) in [4.78, 5) is 5.27. The van der Waals surface area contributed by atoms with Crippen LogP contribution in [0.1, 0.15) is 114 Å². The predicted molar refractivity (Wildman–Crippen MR) is 233 cm³/mol. The third-order valence-electron chi connectivity index (χ3n) is 12.9. The van der Waals surface area contributed by atoms with Gasteiger partial charge in [-0.25, -0.2) is 0 Å². The number of anilines is 6. The topological polar surface area (TPSA) is 6.48 Å². The summed E-state index contributed by atoms with van der Waals surface area (Å²) in [5.41, 5.74) is 19.4. The van der Waals surface area contributed by atoms with Crippen molar-refractivity contribution < 1.29 is 0 Å². The average molecular weight is 713 g/mol. The van der Waals surface area contributed by atoms with Gasteiger partial charge in [-0.1, -0.05) is 111 Å². The van der Waals surface area contributed by atoms with Crippen LogP contribution in [0.2, 0.25) is 0 Å². The van der Waals surface area contributed by atoms with Gasteiger partial charge in [0.25, 0.3) is 6.71 Å². The second-order valence-corrected chi connectivity index (χ2v) is 19.9. The molecule has 268 valence electrons. The van der Waals surface area contributed by atoms with E-state index in [0.29, 0.717) is 5.92 Å². The van der Waals surface area contributed by atoms with E-state index < -0.39 is 0 Å². The molecule has 0 spiro atoms. The van der Waals surface area contributed by atoms with Crippen LogP contribution in [0.5, 0.6) is 0 Å². The van der Waals surface area contributed by atoms with E-state index in [2.05, 4.69) is 177 Å². The molecule has 0 fully saturated rings. The van der Waals surface area contributed by atoms with Gasteiger partial charge in [0, 0.05) is 37.6 Å². The SMILES string of the molecule is Cc1cccc(C)c1N1c2ccc(C(C)(C)C)cc2B2c3sc4cc5c(cc4c3N(c3ccccc3)c3cc(C(C)C)cc1c32)C(C)(C)CCC5(C)C. The third kappa shape index (κ3) is 5.11. The van der Waals surface area contributed by atoms with Gasteiger partial charge in [0.1, 0.15) is 0 Å². The van der Waals surface area contributed by atoms with Crippen LogP contribution in [0.4, 0.5) is 34.1 Å². The Morgan fingerprint density at radius 3 is 1.92 bits per heavy atom. The fourth-order valence-electron chi connectivity index (χ4n) is 9.61. The highest BCUT2D eigenvalue weighted by Gasteiger charge is 2.47. The van der Waals surface area contributed by atoms with Gasteiger partial charge in [0.05, 0.1) is 11.4 Å². The summed E-state index contributed by atoms with van der Waals surface area (Å²) in [6, 6.07) is 35.6. The summed E-state index contributed by atoms with van der Waals surface area (Å²) in [5.74, 6) is 0.368. The van der Waals surface area contributed by atoms with Gasteiger partial charge in [0.2, 0.25) is 0 Å². The summed E-state index contributed by atoms with van der Waals surface area (Å²) < 4.78 is 2.87. The largest absolute Gasteiger partial charge is 0.311 e. The molecule has 0 amide bonds. The van der Waals surface area contributed by atoms with Crippen LogP contribution >= 0.6 is 11.3 Å². The van der Waals surface area contributed by atoms with Crippen LogP contribution < -0.4 is 25.5 Å². The number of para-hydroxylation sites is 2. The van der Waals surface area contributed by atoms with Crippen molar-refractivity contribution >= 4 is 78.0 Å². The Hall–Kier alpha value is -4.28. The van der Waals surface area contributed by atoms with Crippen molar-refractivity contribution in [1.82, 2.24) is 0 Å². The summed E-state index contributed by atoms with van der Waals surface area (Å²) in [6.07, 6.45) is 2.42. The normalized spacial score (nSPS) is 16.8. The summed E-state index contributed by atoms with van der Waals surface area (Å²) in [6.45, 7) is 26.3. The smallest absolute Gasteiger partial charge is 0.264 e. The lowest BCUT2D eigenvalue weighted by molar-refractivity contribution is 0.332. The lowest BCUT2D eigenvalue weighted by Gasteiger charge is -2.45. The highest BCUT2D eigenvalue weighted by atomic mass is 32.1. The van der Waals surface area contributed by atoms with Gasteiger partial charge in [-0.3, -0.25) is 0 Å². The second kappa shape index (κ2) is 11.6. The van der Waals surface area contributed by atoms with E-state index in [1.54, 1.807) is 0 Å². The maximum atomic E-state index is 2.64. The molecule has 0 N–H and O–H groups in total. The molecular weight excluding hydrogens is 659 g/mol. The van der Waals surface area contributed by atoms with E-state index in [-0.39, 0.29) is 23.0 Å². The summed E-state index contributed by atoms with van der Waals surface area (Å²) in [5, 5.41) is 1.39. The number of thiophene rings is 1. The molecule has 0 atom stereocenters. The van der Waals surface area contributed by atoms with Crippen molar-refractivity contribution in [2.45, 2.75) is 111 Å². The van der Waals surface area contributed by atoms with Crippen LogP contribution in [0.15, 0.2) is 91.0 Å². The van der Waals surface area contributed by atoms with Gasteiger partial charge in [-0.15, -0.1) is 11.3 Å². The summed E-state index contributed by atoms with van der Waals surface area (Å²) in [7, 11) is 0. The molecule has 4 heteroatoms. The molecule has 0 saturated heterocycles. The molecule has 2 aliphatic heterocycles. The minimum Gasteiger partial charge on any atom is -0.311 e. The van der Waals surface area contributed by atoms with Gasteiger partial charge in [0.15, 0.2) is 0 Å². The highest BCUT2D eigenvalue weighted by molar-refractivity contribution is 7.33. The number of aryl methyl sites for hydroxylation is 2. The zero-order chi connectivity index (χ0) is 37.4.